The summed E-state index contributed by atoms with van der Waals surface area (Å²) >= 11 is 0. The number of benzene rings is 6. The van der Waals surface area contributed by atoms with Crippen LogP contribution in [0.5, 0.6) is 0 Å². The van der Waals surface area contributed by atoms with Crippen molar-refractivity contribution in [2.45, 2.75) is 5.41 Å². The summed E-state index contributed by atoms with van der Waals surface area (Å²) in [5.41, 5.74) is 15.9. The summed E-state index contributed by atoms with van der Waals surface area (Å²) in [6.45, 7) is 0. The highest BCUT2D eigenvalue weighted by Crippen LogP contribution is 2.57. The van der Waals surface area contributed by atoms with E-state index in [0.29, 0.717) is 11.1 Å². The largest absolute Gasteiger partial charge is 0.256 e. The van der Waals surface area contributed by atoms with E-state index in [4.69, 9.17) is 0 Å². The van der Waals surface area contributed by atoms with Crippen LogP contribution in [0.15, 0.2) is 182 Å². The van der Waals surface area contributed by atoms with Crippen LogP contribution in [-0.2, 0) is 5.41 Å². The van der Waals surface area contributed by atoms with Crippen LogP contribution in [0.3, 0.4) is 0 Å². The molecule has 6 aromatic carbocycles. The average molecular weight is 675 g/mol. The number of nitrogens with zero attached hydrogens (tertiary/aromatic N) is 4. The number of rotatable bonds is 6. The maximum atomic E-state index is 9.40. The number of aromatic nitrogens is 2. The van der Waals surface area contributed by atoms with Gasteiger partial charge in [0, 0.05) is 23.5 Å². The van der Waals surface area contributed by atoms with Crippen molar-refractivity contribution in [1.29, 1.82) is 10.5 Å². The maximum Gasteiger partial charge on any atom is 0.0992 e. The molecule has 4 heteroatoms. The Hall–Kier alpha value is -7.40. The molecule has 0 atom stereocenters. The highest BCUT2D eigenvalue weighted by atomic mass is 14.7. The lowest BCUT2D eigenvalue weighted by Gasteiger charge is -2.34. The first-order valence-electron chi connectivity index (χ1n) is 17.5. The average Bonchev–Trinajstić information content (AvgIpc) is 3.54. The van der Waals surface area contributed by atoms with Crippen LogP contribution in [0.25, 0.3) is 55.9 Å². The normalized spacial score (nSPS) is 12.3. The monoisotopic (exact) mass is 674 g/mol. The highest BCUT2D eigenvalue weighted by molar-refractivity contribution is 5.90. The molecule has 0 spiro atoms. The topological polar surface area (TPSA) is 73.4 Å². The summed E-state index contributed by atoms with van der Waals surface area (Å²) in [5.74, 6) is 0. The summed E-state index contributed by atoms with van der Waals surface area (Å²) in [5, 5.41) is 18.8. The third kappa shape index (κ3) is 5.38. The van der Waals surface area contributed by atoms with E-state index in [1.807, 2.05) is 12.1 Å². The zero-order valence-corrected chi connectivity index (χ0v) is 28.6. The van der Waals surface area contributed by atoms with Gasteiger partial charge in [-0.15, -0.1) is 0 Å². The number of nitriles is 2. The molecule has 0 amide bonds. The Kier molecular flexibility index (Phi) is 7.77. The van der Waals surface area contributed by atoms with Crippen LogP contribution in [0, 0.1) is 22.7 Å². The molecule has 246 valence electrons. The molecule has 1 aliphatic carbocycles. The second-order valence-electron chi connectivity index (χ2n) is 13.2. The van der Waals surface area contributed by atoms with Gasteiger partial charge in [-0.25, -0.2) is 0 Å². The number of fused-ring (bicyclic) bond motifs is 3. The molecule has 0 bridgehead atoms. The van der Waals surface area contributed by atoms with Crippen molar-refractivity contribution in [2.75, 3.05) is 0 Å². The molecule has 2 aromatic heterocycles. The molecule has 1 aliphatic rings. The predicted octanol–water partition coefficient (Wildman–Crippen LogP) is 11.3. The molecule has 0 fully saturated rings. The summed E-state index contributed by atoms with van der Waals surface area (Å²) in [6.07, 6.45) is 3.36. The van der Waals surface area contributed by atoms with Crippen molar-refractivity contribution < 1.29 is 0 Å². The molecule has 0 saturated heterocycles. The first kappa shape index (κ1) is 31.6. The van der Waals surface area contributed by atoms with Gasteiger partial charge in [-0.05, 0) is 92.0 Å². The van der Waals surface area contributed by atoms with Crippen molar-refractivity contribution >= 4 is 0 Å². The van der Waals surface area contributed by atoms with Crippen LogP contribution in [0.2, 0.25) is 0 Å². The van der Waals surface area contributed by atoms with Crippen molar-refractivity contribution in [3.05, 3.63) is 216 Å². The molecule has 0 N–H and O–H groups in total. The van der Waals surface area contributed by atoms with Crippen LogP contribution >= 0.6 is 0 Å². The molecule has 8 aromatic rings. The van der Waals surface area contributed by atoms with E-state index in [1.54, 1.807) is 24.5 Å². The lowest BCUT2D eigenvalue weighted by atomic mass is 9.67. The maximum absolute atomic E-state index is 9.40. The van der Waals surface area contributed by atoms with E-state index < -0.39 is 5.41 Å². The molecule has 4 nitrogen and oxygen atoms in total. The van der Waals surface area contributed by atoms with E-state index >= 15 is 0 Å². The summed E-state index contributed by atoms with van der Waals surface area (Å²) in [7, 11) is 0. The third-order valence-corrected chi connectivity index (χ3v) is 10.4. The van der Waals surface area contributed by atoms with E-state index in [1.165, 1.54) is 33.4 Å². The minimum Gasteiger partial charge on any atom is -0.256 e. The molecule has 9 rings (SSSR count). The van der Waals surface area contributed by atoms with E-state index in [0.717, 1.165) is 44.8 Å². The first-order valence-corrected chi connectivity index (χ1v) is 17.5. The van der Waals surface area contributed by atoms with Crippen molar-refractivity contribution in [2.24, 2.45) is 0 Å². The Balaban J connectivity index is 1.19. The Morgan fingerprint density at radius 3 is 1.15 bits per heavy atom. The van der Waals surface area contributed by atoms with Gasteiger partial charge in [-0.1, -0.05) is 133 Å². The highest BCUT2D eigenvalue weighted by Gasteiger charge is 2.46. The van der Waals surface area contributed by atoms with Gasteiger partial charge in [0.25, 0.3) is 0 Å². The van der Waals surface area contributed by atoms with Gasteiger partial charge in [-0.2, -0.15) is 10.5 Å². The molecule has 0 aliphatic heterocycles. The zero-order valence-electron chi connectivity index (χ0n) is 28.6. The molecular weight excluding hydrogens is 645 g/mol. The SMILES string of the molecule is N#Cc1ccnc(-c2ccc(-c3ccc4c(c3)C(c3ccccc3)(c3ccccc3)c3cc(-c5ccc(-c6cc(C#N)ccn6)cc5)ccc3-4)cc2)c1. The fourth-order valence-corrected chi connectivity index (χ4v) is 7.83. The summed E-state index contributed by atoms with van der Waals surface area (Å²) < 4.78 is 0. The standard InChI is InChI=1S/C49H30N4/c50-31-33-23-25-52-47(27-33)37-15-11-35(12-16-37)39-19-21-43-44-22-20-40(36-13-17-38(18-14-36)48-28-34(32-51)24-26-53-48)30-46(44)49(45(43)29-39,41-7-3-1-4-8-41)42-9-5-2-6-10-42/h1-30H. The third-order valence-electron chi connectivity index (χ3n) is 10.4. The van der Waals surface area contributed by atoms with Gasteiger partial charge in [0.05, 0.1) is 40.1 Å². The summed E-state index contributed by atoms with van der Waals surface area (Å²) in [6, 6.07) is 63.8. The molecular formula is C49H30N4. The molecule has 53 heavy (non-hydrogen) atoms. The number of pyridine rings is 2. The van der Waals surface area contributed by atoms with Crippen molar-refractivity contribution in [3.63, 3.8) is 0 Å². The molecule has 0 unspecified atom stereocenters. The lowest BCUT2D eigenvalue weighted by molar-refractivity contribution is 0.769. The van der Waals surface area contributed by atoms with E-state index in [-0.39, 0.29) is 0 Å². The van der Waals surface area contributed by atoms with Gasteiger partial charge in [0.1, 0.15) is 0 Å². The van der Waals surface area contributed by atoms with Gasteiger partial charge >= 0.3 is 0 Å². The van der Waals surface area contributed by atoms with Crippen molar-refractivity contribution in [3.8, 4) is 68.0 Å². The molecule has 0 saturated carbocycles. The zero-order chi connectivity index (χ0) is 35.8. The second kappa shape index (κ2) is 13.1. The van der Waals surface area contributed by atoms with E-state index in [2.05, 4.69) is 168 Å². The molecule has 2 heterocycles. The van der Waals surface area contributed by atoms with Gasteiger partial charge in [0.15, 0.2) is 0 Å². The quantitative estimate of drug-likeness (QED) is 0.176. The fraction of sp³-hybridized carbons (Fsp3) is 0.0204. The van der Waals surface area contributed by atoms with Gasteiger partial charge < -0.3 is 0 Å². The molecule has 0 radical (unpaired) electrons. The summed E-state index contributed by atoms with van der Waals surface area (Å²) in [4.78, 5) is 9.01. The Morgan fingerprint density at radius 2 is 0.755 bits per heavy atom. The van der Waals surface area contributed by atoms with Gasteiger partial charge in [0.2, 0.25) is 0 Å². The number of hydrogen-bond acceptors (Lipinski definition) is 4. The minimum absolute atomic E-state index is 0.567. The first-order chi connectivity index (χ1) is 26.1. The van der Waals surface area contributed by atoms with Crippen LogP contribution in [0.4, 0.5) is 0 Å². The second-order valence-corrected chi connectivity index (χ2v) is 13.2. The van der Waals surface area contributed by atoms with Crippen LogP contribution in [-0.4, -0.2) is 9.97 Å². The van der Waals surface area contributed by atoms with Gasteiger partial charge in [-0.3, -0.25) is 9.97 Å². The minimum atomic E-state index is -0.567. The smallest absolute Gasteiger partial charge is 0.0992 e. The van der Waals surface area contributed by atoms with Crippen molar-refractivity contribution in [1.82, 2.24) is 9.97 Å². The Morgan fingerprint density at radius 1 is 0.377 bits per heavy atom. The van der Waals surface area contributed by atoms with E-state index in [9.17, 15) is 10.5 Å². The number of hydrogen-bond donors (Lipinski definition) is 0. The fourth-order valence-electron chi connectivity index (χ4n) is 7.83. The Labute approximate surface area is 308 Å². The van der Waals surface area contributed by atoms with Crippen LogP contribution < -0.4 is 0 Å². The van der Waals surface area contributed by atoms with Crippen LogP contribution in [0.1, 0.15) is 33.4 Å². The predicted molar refractivity (Wildman–Crippen MR) is 211 cm³/mol. The Bertz CT molecular complexity index is 2530. The lowest BCUT2D eigenvalue weighted by Crippen LogP contribution is -2.28.